The molecule has 3 aromatic carbocycles. The fourth-order valence-electron chi connectivity index (χ4n) is 4.49. The molecule has 4 rings (SSSR count). The van der Waals surface area contributed by atoms with Gasteiger partial charge in [-0.3, -0.25) is 9.69 Å². The van der Waals surface area contributed by atoms with Crippen molar-refractivity contribution < 1.29 is 23.7 Å². The monoisotopic (exact) mass is 485 g/mol. The molecule has 0 bridgehead atoms. The summed E-state index contributed by atoms with van der Waals surface area (Å²) in [5.41, 5.74) is 4.12. The van der Waals surface area contributed by atoms with Crippen molar-refractivity contribution in [3.05, 3.63) is 94.6 Å². The van der Waals surface area contributed by atoms with Crippen LogP contribution in [0, 0.1) is 0 Å². The van der Waals surface area contributed by atoms with Crippen LogP contribution in [0.1, 0.15) is 16.7 Å². The van der Waals surface area contributed by atoms with Crippen LogP contribution in [0.5, 0.6) is 23.0 Å². The molecule has 0 spiro atoms. The second-order valence-electron chi connectivity index (χ2n) is 8.46. The molecule has 0 N–H and O–H groups in total. The van der Waals surface area contributed by atoms with E-state index in [4.69, 9.17) is 18.9 Å². The molecule has 1 aliphatic heterocycles. The molecule has 1 aliphatic rings. The molecular formula is C30H31NO5. The van der Waals surface area contributed by atoms with Crippen LogP contribution >= 0.6 is 0 Å². The highest BCUT2D eigenvalue weighted by Gasteiger charge is 2.27. The summed E-state index contributed by atoms with van der Waals surface area (Å²) in [7, 11) is 6.41. The predicted molar refractivity (Wildman–Crippen MR) is 142 cm³/mol. The molecule has 36 heavy (non-hydrogen) atoms. The van der Waals surface area contributed by atoms with Crippen molar-refractivity contribution in [3.8, 4) is 23.0 Å². The third-order valence-corrected chi connectivity index (χ3v) is 6.15. The second kappa shape index (κ2) is 11.6. The van der Waals surface area contributed by atoms with Gasteiger partial charge in [-0.05, 0) is 29.8 Å². The average molecular weight is 486 g/mol. The van der Waals surface area contributed by atoms with Gasteiger partial charge in [0.05, 0.1) is 28.4 Å². The van der Waals surface area contributed by atoms with E-state index in [0.29, 0.717) is 53.8 Å². The maximum atomic E-state index is 13.7. The number of Topliss-reactive ketones (excluding diaryl/α,β-unsaturated/α-hetero) is 1. The van der Waals surface area contributed by atoms with Gasteiger partial charge in [0.25, 0.3) is 0 Å². The van der Waals surface area contributed by atoms with E-state index < -0.39 is 0 Å². The van der Waals surface area contributed by atoms with Gasteiger partial charge in [0, 0.05) is 41.9 Å². The summed E-state index contributed by atoms with van der Waals surface area (Å²) >= 11 is 0. The number of piperidine rings is 1. The van der Waals surface area contributed by atoms with Gasteiger partial charge in [-0.1, -0.05) is 54.6 Å². The van der Waals surface area contributed by atoms with Crippen LogP contribution < -0.4 is 18.9 Å². The zero-order chi connectivity index (χ0) is 25.5. The SMILES string of the molecule is COc1cccc(/C=C2/CN(Cc3ccccc3)C/C(=C/c3cccc(OC)c3OC)C2=O)c1OC. The number of rotatable bonds is 8. The van der Waals surface area contributed by atoms with E-state index in [1.807, 2.05) is 66.7 Å². The van der Waals surface area contributed by atoms with Gasteiger partial charge in [-0.15, -0.1) is 0 Å². The number of hydrogen-bond acceptors (Lipinski definition) is 6. The quantitative estimate of drug-likeness (QED) is 0.405. The van der Waals surface area contributed by atoms with Gasteiger partial charge in [0.2, 0.25) is 0 Å². The molecule has 6 heteroatoms. The van der Waals surface area contributed by atoms with Crippen molar-refractivity contribution in [1.29, 1.82) is 0 Å². The maximum absolute atomic E-state index is 13.7. The summed E-state index contributed by atoms with van der Waals surface area (Å²) in [6.07, 6.45) is 3.80. The Hall–Kier alpha value is -4.03. The lowest BCUT2D eigenvalue weighted by Gasteiger charge is -2.30. The van der Waals surface area contributed by atoms with Gasteiger partial charge in [-0.25, -0.2) is 0 Å². The minimum atomic E-state index is -0.00550. The molecule has 0 amide bonds. The van der Waals surface area contributed by atoms with Crippen LogP contribution in [0.2, 0.25) is 0 Å². The van der Waals surface area contributed by atoms with Crippen molar-refractivity contribution in [3.63, 3.8) is 0 Å². The molecule has 0 unspecified atom stereocenters. The highest BCUT2D eigenvalue weighted by Crippen LogP contribution is 2.35. The Balaban J connectivity index is 1.78. The molecule has 186 valence electrons. The number of likely N-dealkylation sites (tertiary alicyclic amines) is 1. The number of ketones is 1. The zero-order valence-corrected chi connectivity index (χ0v) is 21.1. The topological polar surface area (TPSA) is 57.2 Å². The lowest BCUT2D eigenvalue weighted by Crippen LogP contribution is -2.37. The fourth-order valence-corrected chi connectivity index (χ4v) is 4.49. The Morgan fingerprint density at radius 2 is 1.17 bits per heavy atom. The van der Waals surface area contributed by atoms with E-state index in [0.717, 1.165) is 11.1 Å². The first kappa shape index (κ1) is 25.1. The van der Waals surface area contributed by atoms with Crippen LogP contribution in [-0.4, -0.2) is 52.2 Å². The Kier molecular flexibility index (Phi) is 8.08. The minimum absolute atomic E-state index is 0.00550. The molecule has 0 aromatic heterocycles. The molecule has 1 saturated heterocycles. The van der Waals surface area contributed by atoms with Crippen LogP contribution in [-0.2, 0) is 11.3 Å². The number of ether oxygens (including phenoxy) is 4. The largest absolute Gasteiger partial charge is 0.493 e. The summed E-state index contributed by atoms with van der Waals surface area (Å²) in [4.78, 5) is 16.0. The van der Waals surface area contributed by atoms with Gasteiger partial charge in [-0.2, -0.15) is 0 Å². The number of methoxy groups -OCH3 is 4. The molecule has 1 fully saturated rings. The summed E-state index contributed by atoms with van der Waals surface area (Å²) in [6, 6.07) is 21.6. The number of para-hydroxylation sites is 2. The minimum Gasteiger partial charge on any atom is -0.493 e. The molecule has 1 heterocycles. The molecule has 0 saturated carbocycles. The molecule has 3 aromatic rings. The first-order valence-electron chi connectivity index (χ1n) is 11.7. The Bertz CT molecular complexity index is 1200. The smallest absolute Gasteiger partial charge is 0.187 e. The van der Waals surface area contributed by atoms with E-state index >= 15 is 0 Å². The van der Waals surface area contributed by atoms with E-state index in [1.54, 1.807) is 28.4 Å². The van der Waals surface area contributed by atoms with E-state index in [2.05, 4.69) is 17.0 Å². The number of carbonyl (C=O) groups is 1. The van der Waals surface area contributed by atoms with Crippen LogP contribution in [0.4, 0.5) is 0 Å². The van der Waals surface area contributed by atoms with Crippen molar-refractivity contribution >= 4 is 17.9 Å². The predicted octanol–water partition coefficient (Wildman–Crippen LogP) is 5.27. The van der Waals surface area contributed by atoms with Gasteiger partial charge in [0.15, 0.2) is 28.8 Å². The number of hydrogen-bond donors (Lipinski definition) is 0. The summed E-state index contributed by atoms with van der Waals surface area (Å²) < 4.78 is 22.1. The number of nitrogens with zero attached hydrogens (tertiary/aromatic N) is 1. The molecule has 0 aliphatic carbocycles. The molecular weight excluding hydrogens is 454 g/mol. The highest BCUT2D eigenvalue weighted by molar-refractivity contribution is 6.15. The fraction of sp³-hybridized carbons (Fsp3) is 0.233. The lowest BCUT2D eigenvalue weighted by molar-refractivity contribution is -0.113. The zero-order valence-electron chi connectivity index (χ0n) is 21.1. The molecule has 0 atom stereocenters. The lowest BCUT2D eigenvalue weighted by atomic mass is 9.93. The van der Waals surface area contributed by atoms with E-state index in [1.165, 1.54) is 5.56 Å². The second-order valence-corrected chi connectivity index (χ2v) is 8.46. The first-order valence-corrected chi connectivity index (χ1v) is 11.7. The maximum Gasteiger partial charge on any atom is 0.187 e. The number of carbonyl (C=O) groups excluding carboxylic acids is 1. The van der Waals surface area contributed by atoms with E-state index in [9.17, 15) is 4.79 Å². The van der Waals surface area contributed by atoms with Crippen LogP contribution in [0.15, 0.2) is 77.9 Å². The normalized spacial score (nSPS) is 16.3. The summed E-state index contributed by atoms with van der Waals surface area (Å²) in [5, 5.41) is 0. The highest BCUT2D eigenvalue weighted by atomic mass is 16.5. The van der Waals surface area contributed by atoms with Crippen LogP contribution in [0.3, 0.4) is 0 Å². The molecule has 6 nitrogen and oxygen atoms in total. The Labute approximate surface area is 212 Å². The summed E-state index contributed by atoms with van der Waals surface area (Å²) in [5.74, 6) is 2.43. The standard InChI is InChI=1S/C30H31NO5/c1-33-26-14-8-12-22(29(26)35-3)16-24-19-31(18-21-10-6-5-7-11-21)20-25(28(24)32)17-23-13-9-15-27(34-2)30(23)36-4/h5-17H,18-20H2,1-4H3/b24-16-,25-17-. The van der Waals surface area contributed by atoms with Crippen molar-refractivity contribution in [2.24, 2.45) is 0 Å². The van der Waals surface area contributed by atoms with Crippen molar-refractivity contribution in [1.82, 2.24) is 4.90 Å². The van der Waals surface area contributed by atoms with Crippen LogP contribution in [0.25, 0.3) is 12.2 Å². The van der Waals surface area contributed by atoms with E-state index in [-0.39, 0.29) is 5.78 Å². The van der Waals surface area contributed by atoms with Gasteiger partial charge in [0.1, 0.15) is 0 Å². The first-order chi connectivity index (χ1) is 17.6. The Morgan fingerprint density at radius 3 is 1.61 bits per heavy atom. The molecule has 0 radical (unpaired) electrons. The van der Waals surface area contributed by atoms with Crippen molar-refractivity contribution in [2.45, 2.75) is 6.54 Å². The third-order valence-electron chi connectivity index (χ3n) is 6.15. The number of benzene rings is 3. The third kappa shape index (κ3) is 5.44. The summed E-state index contributed by atoms with van der Waals surface area (Å²) in [6.45, 7) is 1.74. The van der Waals surface area contributed by atoms with Gasteiger partial charge < -0.3 is 18.9 Å². The Morgan fingerprint density at radius 1 is 0.667 bits per heavy atom. The average Bonchev–Trinajstić information content (AvgIpc) is 2.91. The van der Waals surface area contributed by atoms with Crippen molar-refractivity contribution in [2.75, 3.05) is 41.5 Å². The van der Waals surface area contributed by atoms with Gasteiger partial charge >= 0.3 is 0 Å².